The molecule has 0 saturated heterocycles. The zero-order valence-electron chi connectivity index (χ0n) is 7.43. The van der Waals surface area contributed by atoms with E-state index < -0.39 is 5.67 Å². The number of nitrogens with two attached hydrogens (primary N) is 1. The molecule has 13 heavy (non-hydrogen) atoms. The van der Waals surface area contributed by atoms with Crippen LogP contribution in [0, 0.1) is 0 Å². The average molecular weight is 247 g/mol. The van der Waals surface area contributed by atoms with Gasteiger partial charge in [0.2, 0.25) is 0 Å². The van der Waals surface area contributed by atoms with Crippen molar-refractivity contribution in [3.05, 3.63) is 28.5 Å². The van der Waals surface area contributed by atoms with Gasteiger partial charge in [-0.2, -0.15) is 0 Å². The fourth-order valence-corrected chi connectivity index (χ4v) is 1.46. The van der Waals surface area contributed by atoms with Crippen molar-refractivity contribution >= 4 is 15.9 Å². The summed E-state index contributed by atoms with van der Waals surface area (Å²) in [4.78, 5) is 3.95. The molecule has 1 unspecified atom stereocenters. The van der Waals surface area contributed by atoms with Gasteiger partial charge in [-0.25, -0.2) is 4.39 Å². The van der Waals surface area contributed by atoms with Crippen LogP contribution in [0.15, 0.2) is 22.9 Å². The summed E-state index contributed by atoms with van der Waals surface area (Å²) in [6.07, 6.45) is 3.62. The number of nitrogens with zero attached hydrogens (tertiary/aromatic N) is 1. The van der Waals surface area contributed by atoms with E-state index in [2.05, 4.69) is 20.9 Å². The quantitative estimate of drug-likeness (QED) is 0.888. The minimum atomic E-state index is -1.34. The van der Waals surface area contributed by atoms with Crippen molar-refractivity contribution in [2.75, 3.05) is 6.54 Å². The second-order valence-corrected chi connectivity index (χ2v) is 4.22. The van der Waals surface area contributed by atoms with Crippen LogP contribution in [0.25, 0.3) is 0 Å². The Labute approximate surface area is 85.5 Å². The van der Waals surface area contributed by atoms with Crippen molar-refractivity contribution in [1.29, 1.82) is 0 Å². The number of halogens is 2. The van der Waals surface area contributed by atoms with Gasteiger partial charge in [-0.3, -0.25) is 4.98 Å². The third-order valence-corrected chi connectivity index (χ3v) is 2.19. The van der Waals surface area contributed by atoms with Crippen LogP contribution in [0.1, 0.15) is 12.5 Å². The van der Waals surface area contributed by atoms with E-state index in [-0.39, 0.29) is 6.54 Å². The van der Waals surface area contributed by atoms with Crippen LogP contribution < -0.4 is 5.73 Å². The molecule has 0 fully saturated rings. The Bertz CT molecular complexity index is 289. The maximum absolute atomic E-state index is 13.5. The van der Waals surface area contributed by atoms with Gasteiger partial charge in [0, 0.05) is 29.8 Å². The second-order valence-electron chi connectivity index (χ2n) is 3.31. The Kier molecular flexibility index (Phi) is 3.39. The van der Waals surface area contributed by atoms with Crippen LogP contribution in [-0.4, -0.2) is 17.2 Å². The van der Waals surface area contributed by atoms with E-state index in [9.17, 15) is 4.39 Å². The Morgan fingerprint density at radius 3 is 2.85 bits per heavy atom. The third-order valence-electron chi connectivity index (χ3n) is 1.76. The van der Waals surface area contributed by atoms with Crippen molar-refractivity contribution in [2.24, 2.45) is 5.73 Å². The molecular weight excluding hydrogens is 235 g/mol. The van der Waals surface area contributed by atoms with Crippen LogP contribution in [0.2, 0.25) is 0 Å². The summed E-state index contributed by atoms with van der Waals surface area (Å²) in [5.41, 5.74) is 4.79. The maximum atomic E-state index is 13.5. The van der Waals surface area contributed by atoms with Crippen molar-refractivity contribution in [3.63, 3.8) is 0 Å². The lowest BCUT2D eigenvalue weighted by molar-refractivity contribution is 0.200. The summed E-state index contributed by atoms with van der Waals surface area (Å²) in [6.45, 7) is 1.52. The molecule has 0 amide bonds. The van der Waals surface area contributed by atoms with Gasteiger partial charge in [0.05, 0.1) is 0 Å². The highest BCUT2D eigenvalue weighted by atomic mass is 79.9. The largest absolute Gasteiger partial charge is 0.328 e. The van der Waals surface area contributed by atoms with Crippen molar-refractivity contribution in [1.82, 2.24) is 4.98 Å². The Morgan fingerprint density at radius 2 is 2.31 bits per heavy atom. The first kappa shape index (κ1) is 10.6. The number of aromatic nitrogens is 1. The normalized spacial score (nSPS) is 15.4. The molecule has 2 N–H and O–H groups in total. The van der Waals surface area contributed by atoms with E-state index in [1.807, 2.05) is 6.07 Å². The first-order valence-electron chi connectivity index (χ1n) is 4.02. The molecule has 1 aromatic rings. The Balaban J connectivity index is 2.74. The van der Waals surface area contributed by atoms with Crippen molar-refractivity contribution in [3.8, 4) is 0 Å². The standard InChI is InChI=1S/C9H12BrFN2/c1-9(11,6-12)3-7-2-8(10)5-13-4-7/h2,4-5H,3,6,12H2,1H3. The Morgan fingerprint density at radius 1 is 1.62 bits per heavy atom. The average Bonchev–Trinajstić information content (AvgIpc) is 2.03. The topological polar surface area (TPSA) is 38.9 Å². The molecule has 0 spiro atoms. The summed E-state index contributed by atoms with van der Waals surface area (Å²) in [5, 5.41) is 0. The van der Waals surface area contributed by atoms with Gasteiger partial charge in [-0.15, -0.1) is 0 Å². The van der Waals surface area contributed by atoms with Crippen LogP contribution in [0.5, 0.6) is 0 Å². The van der Waals surface area contributed by atoms with Crippen molar-refractivity contribution < 1.29 is 4.39 Å². The smallest absolute Gasteiger partial charge is 0.124 e. The number of pyridine rings is 1. The highest BCUT2D eigenvalue weighted by Gasteiger charge is 2.21. The summed E-state index contributed by atoms with van der Waals surface area (Å²) >= 11 is 3.28. The van der Waals surface area contributed by atoms with Gasteiger partial charge in [-0.1, -0.05) is 0 Å². The summed E-state index contributed by atoms with van der Waals surface area (Å²) in [7, 11) is 0. The lowest BCUT2D eigenvalue weighted by Crippen LogP contribution is -2.31. The lowest BCUT2D eigenvalue weighted by Gasteiger charge is -2.17. The van der Waals surface area contributed by atoms with Gasteiger partial charge in [0.25, 0.3) is 0 Å². The van der Waals surface area contributed by atoms with Crippen LogP contribution in [0.3, 0.4) is 0 Å². The minimum absolute atomic E-state index is 0.0273. The highest BCUT2D eigenvalue weighted by molar-refractivity contribution is 9.10. The summed E-state index contributed by atoms with van der Waals surface area (Å²) in [5.74, 6) is 0. The van der Waals surface area contributed by atoms with E-state index in [1.165, 1.54) is 6.92 Å². The van der Waals surface area contributed by atoms with E-state index in [0.717, 1.165) is 10.0 Å². The molecule has 0 saturated carbocycles. The zero-order valence-corrected chi connectivity index (χ0v) is 9.01. The van der Waals surface area contributed by atoms with Crippen LogP contribution in [-0.2, 0) is 6.42 Å². The number of hydrogen-bond acceptors (Lipinski definition) is 2. The second kappa shape index (κ2) is 4.15. The fraction of sp³-hybridized carbons (Fsp3) is 0.444. The van der Waals surface area contributed by atoms with Gasteiger partial charge < -0.3 is 5.73 Å². The van der Waals surface area contributed by atoms with Crippen molar-refractivity contribution in [2.45, 2.75) is 19.0 Å². The summed E-state index contributed by atoms with van der Waals surface area (Å²) < 4.78 is 14.3. The van der Waals surface area contributed by atoms with Gasteiger partial charge in [-0.05, 0) is 34.5 Å². The molecular formula is C9H12BrFN2. The highest BCUT2D eigenvalue weighted by Crippen LogP contribution is 2.18. The predicted octanol–water partition coefficient (Wildman–Crippen LogP) is 2.07. The van der Waals surface area contributed by atoms with E-state index in [0.29, 0.717) is 6.42 Å². The lowest BCUT2D eigenvalue weighted by atomic mass is 10.00. The van der Waals surface area contributed by atoms with Gasteiger partial charge >= 0.3 is 0 Å². The maximum Gasteiger partial charge on any atom is 0.124 e. The first-order valence-corrected chi connectivity index (χ1v) is 4.81. The number of hydrogen-bond donors (Lipinski definition) is 1. The van der Waals surface area contributed by atoms with Crippen LogP contribution >= 0.6 is 15.9 Å². The molecule has 0 radical (unpaired) electrons. The summed E-state index contributed by atoms with van der Waals surface area (Å²) in [6, 6.07) is 1.85. The number of rotatable bonds is 3. The molecule has 0 bridgehead atoms. The molecule has 1 aromatic heterocycles. The molecule has 1 atom stereocenters. The molecule has 2 nitrogen and oxygen atoms in total. The molecule has 1 rings (SSSR count). The van der Waals surface area contributed by atoms with Gasteiger partial charge in [0.15, 0.2) is 0 Å². The Hall–Kier alpha value is -0.480. The molecule has 4 heteroatoms. The monoisotopic (exact) mass is 246 g/mol. The van der Waals surface area contributed by atoms with E-state index >= 15 is 0 Å². The third kappa shape index (κ3) is 3.40. The molecule has 0 aliphatic rings. The molecule has 72 valence electrons. The zero-order chi connectivity index (χ0) is 9.90. The predicted molar refractivity (Wildman–Crippen MR) is 54.2 cm³/mol. The first-order chi connectivity index (χ1) is 6.03. The van der Waals surface area contributed by atoms with E-state index in [1.54, 1.807) is 12.4 Å². The van der Waals surface area contributed by atoms with Gasteiger partial charge in [0.1, 0.15) is 5.67 Å². The van der Waals surface area contributed by atoms with Crippen LogP contribution in [0.4, 0.5) is 4.39 Å². The minimum Gasteiger partial charge on any atom is -0.328 e. The number of alkyl halides is 1. The molecule has 0 aliphatic carbocycles. The molecule has 0 aliphatic heterocycles. The molecule has 1 heterocycles. The fourth-order valence-electron chi connectivity index (χ4n) is 1.05. The van der Waals surface area contributed by atoms with E-state index in [4.69, 9.17) is 5.73 Å². The SMILES string of the molecule is CC(F)(CN)Cc1cncc(Br)c1. The molecule has 0 aromatic carbocycles.